The van der Waals surface area contributed by atoms with Crippen molar-refractivity contribution in [2.45, 2.75) is 31.8 Å². The molecule has 2 aliphatic rings. The predicted octanol–water partition coefficient (Wildman–Crippen LogP) is 2.94. The number of nitrogens with one attached hydrogen (secondary N) is 1. The molecule has 2 aromatic rings. The summed E-state index contributed by atoms with van der Waals surface area (Å²) in [6, 6.07) is 11.2. The lowest BCUT2D eigenvalue weighted by atomic mass is 9.77. The fraction of sp³-hybridized carbons (Fsp3) is 0.500. The molecule has 4 rings (SSSR count). The number of ether oxygens (including phenoxy) is 1. The van der Waals surface area contributed by atoms with Crippen LogP contribution < -0.4 is 10.2 Å². The number of aromatic nitrogens is 2. The molecule has 2 fully saturated rings. The molecule has 1 N–H and O–H groups in total. The number of anilines is 1. The Morgan fingerprint density at radius 1 is 1.08 bits per heavy atom. The first-order valence-corrected chi connectivity index (χ1v) is 9.32. The van der Waals surface area contributed by atoms with Gasteiger partial charge in [0.1, 0.15) is 0 Å². The third kappa shape index (κ3) is 3.99. The van der Waals surface area contributed by atoms with E-state index in [1.165, 1.54) is 24.8 Å². The molecule has 1 aliphatic heterocycles. The van der Waals surface area contributed by atoms with Crippen LogP contribution in [0.4, 0.5) is 5.95 Å². The second kappa shape index (κ2) is 7.93. The molecule has 1 aromatic carbocycles. The third-order valence-corrected chi connectivity index (χ3v) is 5.29. The zero-order chi connectivity index (χ0) is 16.9. The van der Waals surface area contributed by atoms with Gasteiger partial charge in [-0.1, -0.05) is 36.8 Å². The Hall–Kier alpha value is -1.98. The van der Waals surface area contributed by atoms with Crippen molar-refractivity contribution in [3.63, 3.8) is 0 Å². The normalized spacial score (nSPS) is 19.4. The van der Waals surface area contributed by atoms with Crippen molar-refractivity contribution in [2.24, 2.45) is 5.92 Å². The van der Waals surface area contributed by atoms with Crippen LogP contribution in [0.1, 0.15) is 36.4 Å². The maximum atomic E-state index is 5.38. The highest BCUT2D eigenvalue weighted by molar-refractivity contribution is 5.30. The van der Waals surface area contributed by atoms with Gasteiger partial charge in [0.2, 0.25) is 5.95 Å². The van der Waals surface area contributed by atoms with Gasteiger partial charge in [-0.3, -0.25) is 0 Å². The van der Waals surface area contributed by atoms with Crippen molar-refractivity contribution < 1.29 is 4.74 Å². The Morgan fingerprint density at radius 2 is 1.80 bits per heavy atom. The van der Waals surface area contributed by atoms with Gasteiger partial charge in [-0.2, -0.15) is 0 Å². The average Bonchev–Trinajstić information content (AvgIpc) is 2.65. The van der Waals surface area contributed by atoms with E-state index in [9.17, 15) is 0 Å². The topological polar surface area (TPSA) is 50.3 Å². The molecule has 25 heavy (non-hydrogen) atoms. The summed E-state index contributed by atoms with van der Waals surface area (Å²) in [5, 5.41) is 3.74. The fourth-order valence-corrected chi connectivity index (χ4v) is 3.58. The van der Waals surface area contributed by atoms with Crippen molar-refractivity contribution >= 4 is 5.95 Å². The van der Waals surface area contributed by atoms with Gasteiger partial charge in [-0.25, -0.2) is 9.97 Å². The molecule has 5 nitrogen and oxygen atoms in total. The summed E-state index contributed by atoms with van der Waals surface area (Å²) in [5.41, 5.74) is 2.52. The molecule has 1 saturated carbocycles. The first kappa shape index (κ1) is 16.5. The second-order valence-corrected chi connectivity index (χ2v) is 6.95. The van der Waals surface area contributed by atoms with Crippen molar-refractivity contribution in [1.29, 1.82) is 0 Å². The second-order valence-electron chi connectivity index (χ2n) is 6.95. The third-order valence-electron chi connectivity index (χ3n) is 5.29. The van der Waals surface area contributed by atoms with Gasteiger partial charge in [0, 0.05) is 43.6 Å². The summed E-state index contributed by atoms with van der Waals surface area (Å²) in [6.07, 6.45) is 7.90. The van der Waals surface area contributed by atoms with Crippen LogP contribution in [-0.2, 0) is 11.3 Å². The van der Waals surface area contributed by atoms with E-state index in [-0.39, 0.29) is 0 Å². The average molecular weight is 338 g/mol. The molecule has 5 heteroatoms. The van der Waals surface area contributed by atoms with E-state index in [0.717, 1.165) is 50.3 Å². The van der Waals surface area contributed by atoms with E-state index >= 15 is 0 Å². The van der Waals surface area contributed by atoms with Gasteiger partial charge in [-0.15, -0.1) is 0 Å². The van der Waals surface area contributed by atoms with Gasteiger partial charge >= 0.3 is 0 Å². The first-order valence-electron chi connectivity index (χ1n) is 9.32. The Morgan fingerprint density at radius 3 is 2.44 bits per heavy atom. The van der Waals surface area contributed by atoms with Crippen molar-refractivity contribution in [1.82, 2.24) is 15.3 Å². The van der Waals surface area contributed by atoms with E-state index in [4.69, 9.17) is 4.74 Å². The van der Waals surface area contributed by atoms with Crippen LogP contribution >= 0.6 is 0 Å². The highest BCUT2D eigenvalue weighted by Gasteiger charge is 2.28. The van der Waals surface area contributed by atoms with E-state index in [2.05, 4.69) is 50.5 Å². The number of nitrogens with zero attached hydrogens (tertiary/aromatic N) is 3. The largest absolute Gasteiger partial charge is 0.378 e. The minimum Gasteiger partial charge on any atom is -0.378 e. The molecule has 0 radical (unpaired) electrons. The monoisotopic (exact) mass is 338 g/mol. The molecule has 1 aliphatic carbocycles. The first-order chi connectivity index (χ1) is 12.4. The van der Waals surface area contributed by atoms with Crippen molar-refractivity contribution in [3.05, 3.63) is 53.9 Å². The maximum Gasteiger partial charge on any atom is 0.225 e. The minimum atomic E-state index is 0.425. The van der Waals surface area contributed by atoms with Crippen LogP contribution in [-0.4, -0.2) is 36.3 Å². The fourth-order valence-electron chi connectivity index (χ4n) is 3.58. The van der Waals surface area contributed by atoms with Gasteiger partial charge in [-0.05, 0) is 24.3 Å². The lowest BCUT2D eigenvalue weighted by Crippen LogP contribution is -2.37. The zero-order valence-corrected chi connectivity index (χ0v) is 14.6. The minimum absolute atomic E-state index is 0.425. The molecule has 1 atom stereocenters. The van der Waals surface area contributed by atoms with Crippen LogP contribution in [0.25, 0.3) is 0 Å². The molecule has 132 valence electrons. The Balaban J connectivity index is 1.39. The van der Waals surface area contributed by atoms with Gasteiger partial charge in [0.15, 0.2) is 0 Å². The van der Waals surface area contributed by atoms with Crippen LogP contribution in [0.5, 0.6) is 0 Å². The van der Waals surface area contributed by atoms with Gasteiger partial charge in [0.05, 0.1) is 13.2 Å². The Labute approximate surface area is 149 Å². The number of rotatable bonds is 6. The van der Waals surface area contributed by atoms with Gasteiger partial charge in [0.25, 0.3) is 0 Å². The smallest absolute Gasteiger partial charge is 0.225 e. The highest BCUT2D eigenvalue weighted by atomic mass is 16.5. The summed E-state index contributed by atoms with van der Waals surface area (Å²) >= 11 is 0. The van der Waals surface area contributed by atoms with Crippen LogP contribution in [0, 0.1) is 5.92 Å². The number of hydrogen-bond acceptors (Lipinski definition) is 5. The lowest BCUT2D eigenvalue weighted by Gasteiger charge is -2.35. The summed E-state index contributed by atoms with van der Waals surface area (Å²) in [4.78, 5) is 11.3. The Bertz CT molecular complexity index is 651. The maximum absolute atomic E-state index is 5.38. The molecule has 0 unspecified atom stereocenters. The molecule has 1 aromatic heterocycles. The Kier molecular flexibility index (Phi) is 5.23. The van der Waals surface area contributed by atoms with E-state index in [0.29, 0.717) is 6.04 Å². The van der Waals surface area contributed by atoms with Crippen LogP contribution in [0.15, 0.2) is 42.7 Å². The predicted molar refractivity (Wildman–Crippen MR) is 98.4 cm³/mol. The van der Waals surface area contributed by atoms with Crippen molar-refractivity contribution in [2.75, 3.05) is 31.2 Å². The zero-order valence-electron chi connectivity index (χ0n) is 14.6. The SMILES string of the molecule is c1ccc([C@H](NCc2cnc(N3CCOCC3)nc2)C2CCC2)cc1. The summed E-state index contributed by atoms with van der Waals surface area (Å²) in [6.45, 7) is 4.06. The van der Waals surface area contributed by atoms with E-state index in [1.807, 2.05) is 12.4 Å². The number of morpholine rings is 1. The van der Waals surface area contributed by atoms with Gasteiger partial charge < -0.3 is 15.0 Å². The highest BCUT2D eigenvalue weighted by Crippen LogP contribution is 2.37. The molecule has 0 bridgehead atoms. The quantitative estimate of drug-likeness (QED) is 0.878. The summed E-state index contributed by atoms with van der Waals surface area (Å²) in [7, 11) is 0. The molecular weight excluding hydrogens is 312 g/mol. The van der Waals surface area contributed by atoms with Crippen molar-refractivity contribution in [3.8, 4) is 0 Å². The van der Waals surface area contributed by atoms with Crippen LogP contribution in [0.2, 0.25) is 0 Å². The van der Waals surface area contributed by atoms with Crippen LogP contribution in [0.3, 0.4) is 0 Å². The summed E-state index contributed by atoms with van der Waals surface area (Å²) in [5.74, 6) is 1.56. The lowest BCUT2D eigenvalue weighted by molar-refractivity contribution is 0.122. The number of hydrogen-bond donors (Lipinski definition) is 1. The molecule has 2 heterocycles. The molecule has 0 amide bonds. The molecule has 1 saturated heterocycles. The standard InChI is InChI=1S/C20H26N4O/c1-2-5-17(6-3-1)19(18-7-4-8-18)21-13-16-14-22-20(23-15-16)24-9-11-25-12-10-24/h1-3,5-6,14-15,18-19,21H,4,7-13H2/t19-/m0/s1. The molecular formula is C20H26N4O. The van der Waals surface area contributed by atoms with E-state index < -0.39 is 0 Å². The molecule has 0 spiro atoms. The summed E-state index contributed by atoms with van der Waals surface area (Å²) < 4.78 is 5.38. The number of benzene rings is 1. The van der Waals surface area contributed by atoms with E-state index in [1.54, 1.807) is 0 Å².